The van der Waals surface area contributed by atoms with Crippen LogP contribution in [0, 0.1) is 30.6 Å². The second-order valence-electron chi connectivity index (χ2n) is 13.5. The third kappa shape index (κ3) is 7.97. The van der Waals surface area contributed by atoms with E-state index in [0.717, 1.165) is 67.1 Å². The number of hydrogen-bond donors (Lipinski definition) is 1. The number of rotatable bonds is 7. The summed E-state index contributed by atoms with van der Waals surface area (Å²) < 4.78 is 6.82. The quantitative estimate of drug-likeness (QED) is 0.225. The number of nitrogens with zero attached hydrogens (tertiary/aromatic N) is 2. The molecule has 2 aliphatic carbocycles. The molecule has 0 bridgehead atoms. The summed E-state index contributed by atoms with van der Waals surface area (Å²) in [5.41, 5.74) is 4.41. The van der Waals surface area contributed by atoms with Gasteiger partial charge in [0.15, 0.2) is 5.01 Å². The van der Waals surface area contributed by atoms with Crippen LogP contribution < -0.4 is 14.1 Å². The number of aliphatic hydroxyl groups excluding tert-OH is 1. The number of hydrogen-bond acceptors (Lipinski definition) is 5. The van der Waals surface area contributed by atoms with Gasteiger partial charge in [-0.15, -0.1) is 11.3 Å². The fourth-order valence-corrected chi connectivity index (χ4v) is 9.00. The highest BCUT2D eigenvalue weighted by Crippen LogP contribution is 2.38. The Morgan fingerprint density at radius 1 is 1.02 bits per heavy atom. The fourth-order valence-electron chi connectivity index (χ4n) is 6.51. The van der Waals surface area contributed by atoms with Crippen molar-refractivity contribution in [3.05, 3.63) is 70.4 Å². The van der Waals surface area contributed by atoms with Crippen molar-refractivity contribution in [3.8, 4) is 17.6 Å². The fraction of sp³-hybridized carbons (Fsp3) is 0.500. The van der Waals surface area contributed by atoms with Crippen LogP contribution in [-0.4, -0.2) is 43.8 Å². The van der Waals surface area contributed by atoms with Crippen LogP contribution in [-0.2, 0) is 4.79 Å². The largest absolute Gasteiger partial charge is 0.496 e. The minimum absolute atomic E-state index is 0.0351. The van der Waals surface area contributed by atoms with Gasteiger partial charge in [-0.2, -0.15) is 0 Å². The van der Waals surface area contributed by atoms with Crippen molar-refractivity contribution in [1.29, 1.82) is 0 Å². The van der Waals surface area contributed by atoms with Gasteiger partial charge in [0.1, 0.15) is 5.75 Å². The lowest BCUT2D eigenvalue weighted by atomic mass is 9.78. The van der Waals surface area contributed by atoms with Crippen molar-refractivity contribution in [2.24, 2.45) is 11.8 Å². The average Bonchev–Trinajstić information content (AvgIpc) is 3.49. The Hall–Kier alpha value is -2.92. The van der Waals surface area contributed by atoms with Crippen LogP contribution in [0.2, 0.25) is 19.6 Å². The van der Waals surface area contributed by atoms with Gasteiger partial charge in [-0.05, 0) is 111 Å². The Kier molecular flexibility index (Phi) is 10.1. The number of aromatic nitrogens is 1. The average molecular weight is 615 g/mol. The number of carbonyl (C=O) groups excluding carboxylic acids is 1. The molecule has 3 aromatic rings. The Bertz CT molecular complexity index is 1470. The summed E-state index contributed by atoms with van der Waals surface area (Å²) in [6.45, 7) is 9.82. The molecule has 2 aromatic carbocycles. The summed E-state index contributed by atoms with van der Waals surface area (Å²) >= 11 is 1.70. The molecule has 1 aromatic heterocycles. The zero-order chi connectivity index (χ0) is 30.6. The number of anilines is 1. The number of carbonyl (C=O) groups is 1. The Morgan fingerprint density at radius 3 is 2.42 bits per heavy atom. The first-order chi connectivity index (χ1) is 20.6. The molecule has 5 rings (SSSR count). The van der Waals surface area contributed by atoms with Gasteiger partial charge in [0.2, 0.25) is 5.91 Å². The predicted octanol–water partition coefficient (Wildman–Crippen LogP) is 7.26. The monoisotopic (exact) mass is 614 g/mol. The highest BCUT2D eigenvalue weighted by molar-refractivity contribution is 7.26. The molecule has 1 N–H and O–H groups in total. The molecule has 7 heteroatoms. The molecule has 0 radical (unpaired) electrons. The molecule has 5 nitrogen and oxygen atoms in total. The normalized spacial score (nSPS) is 22.4. The summed E-state index contributed by atoms with van der Waals surface area (Å²) in [4.78, 5) is 20.6. The first kappa shape index (κ1) is 31.5. The SMILES string of the molecule is COc1ccc(C2CCC(CN(C(=O)C3CCC(O)CC3)c3cccc(C#Cc4ncc([Si](C)(C)C)s4)c3)CC2)cc1C. The predicted molar refractivity (Wildman–Crippen MR) is 180 cm³/mol. The summed E-state index contributed by atoms with van der Waals surface area (Å²) in [5, 5.41) is 10.9. The molecule has 2 saturated carbocycles. The van der Waals surface area contributed by atoms with Gasteiger partial charge in [0.25, 0.3) is 0 Å². The molecule has 1 heterocycles. The van der Waals surface area contributed by atoms with Crippen LogP contribution in [0.3, 0.4) is 0 Å². The van der Waals surface area contributed by atoms with Crippen molar-refractivity contribution in [2.45, 2.75) is 90.0 Å². The number of methoxy groups -OCH3 is 1. The minimum Gasteiger partial charge on any atom is -0.496 e. The van der Waals surface area contributed by atoms with Crippen LogP contribution in [0.15, 0.2) is 48.7 Å². The molecule has 228 valence electrons. The van der Waals surface area contributed by atoms with Crippen molar-refractivity contribution >= 4 is 35.5 Å². The Morgan fingerprint density at radius 2 is 1.77 bits per heavy atom. The zero-order valence-electron chi connectivity index (χ0n) is 26.4. The van der Waals surface area contributed by atoms with Gasteiger partial charge in [-0.1, -0.05) is 43.8 Å². The molecule has 0 aliphatic heterocycles. The molecular formula is C36H46N2O3SSi. The number of aliphatic hydroxyl groups is 1. The van der Waals surface area contributed by atoms with Gasteiger partial charge in [-0.3, -0.25) is 4.79 Å². The Labute approximate surface area is 262 Å². The van der Waals surface area contributed by atoms with E-state index in [9.17, 15) is 9.90 Å². The van der Waals surface area contributed by atoms with Gasteiger partial charge in [-0.25, -0.2) is 4.98 Å². The lowest BCUT2D eigenvalue weighted by Gasteiger charge is -2.36. The molecule has 43 heavy (non-hydrogen) atoms. The van der Waals surface area contributed by atoms with E-state index in [0.29, 0.717) is 24.7 Å². The van der Waals surface area contributed by atoms with E-state index in [1.807, 2.05) is 23.2 Å². The summed E-state index contributed by atoms with van der Waals surface area (Å²) in [5.74, 6) is 8.70. The van der Waals surface area contributed by atoms with Gasteiger partial charge < -0.3 is 14.7 Å². The van der Waals surface area contributed by atoms with Crippen molar-refractivity contribution < 1.29 is 14.6 Å². The minimum atomic E-state index is -1.41. The highest BCUT2D eigenvalue weighted by Gasteiger charge is 2.32. The number of ether oxygens (including phenoxy) is 1. The molecular weight excluding hydrogens is 569 g/mol. The maximum absolute atomic E-state index is 14.0. The lowest BCUT2D eigenvalue weighted by Crippen LogP contribution is -2.41. The van der Waals surface area contributed by atoms with Crippen LogP contribution in [0.5, 0.6) is 5.75 Å². The molecule has 2 aliphatic rings. The zero-order valence-corrected chi connectivity index (χ0v) is 28.2. The van der Waals surface area contributed by atoms with Crippen molar-refractivity contribution in [2.75, 3.05) is 18.6 Å². The van der Waals surface area contributed by atoms with Crippen molar-refractivity contribution in [1.82, 2.24) is 4.98 Å². The van der Waals surface area contributed by atoms with Gasteiger partial charge >= 0.3 is 0 Å². The molecule has 0 unspecified atom stereocenters. The van der Waals surface area contributed by atoms with E-state index in [1.54, 1.807) is 18.4 Å². The highest BCUT2D eigenvalue weighted by atomic mass is 32.1. The summed E-state index contributed by atoms with van der Waals surface area (Å²) in [6, 6.07) is 14.7. The van der Waals surface area contributed by atoms with E-state index in [2.05, 4.69) is 73.7 Å². The van der Waals surface area contributed by atoms with Crippen LogP contribution in [0.4, 0.5) is 5.69 Å². The molecule has 0 saturated heterocycles. The van der Waals surface area contributed by atoms with Gasteiger partial charge in [0, 0.05) is 34.4 Å². The van der Waals surface area contributed by atoms with Crippen LogP contribution in [0.1, 0.15) is 79.0 Å². The summed E-state index contributed by atoms with van der Waals surface area (Å²) in [7, 11) is 0.318. The second kappa shape index (κ2) is 13.8. The second-order valence-corrected chi connectivity index (χ2v) is 19.9. The third-order valence-electron chi connectivity index (χ3n) is 9.21. The topological polar surface area (TPSA) is 62.7 Å². The van der Waals surface area contributed by atoms with Crippen molar-refractivity contribution in [3.63, 3.8) is 0 Å². The first-order valence-corrected chi connectivity index (χ1v) is 20.1. The lowest BCUT2D eigenvalue weighted by molar-refractivity contribution is -0.124. The van der Waals surface area contributed by atoms with E-state index in [1.165, 1.54) is 15.6 Å². The van der Waals surface area contributed by atoms with E-state index in [4.69, 9.17) is 4.74 Å². The van der Waals surface area contributed by atoms with E-state index in [-0.39, 0.29) is 17.9 Å². The number of aryl methyl sites for hydroxylation is 1. The molecule has 0 atom stereocenters. The first-order valence-electron chi connectivity index (χ1n) is 15.8. The maximum Gasteiger partial charge on any atom is 0.230 e. The van der Waals surface area contributed by atoms with Gasteiger partial charge in [0.05, 0.1) is 21.3 Å². The standard InChI is InChI=1S/C36H46N2O3SSi/c1-25-21-30(16-19-33(25)41-2)28-12-9-27(10-13-28)24-38(36(40)29-14-17-32(39)18-15-29)31-8-6-7-26(22-31)11-20-34-37-23-35(42-34)43(3,4)5/h6-8,16,19,21-23,27-29,32,39H,9-10,12-15,17-18,24H2,1-5H3. The van der Waals surface area contributed by atoms with E-state index < -0.39 is 8.07 Å². The van der Waals surface area contributed by atoms with E-state index >= 15 is 0 Å². The summed E-state index contributed by atoms with van der Waals surface area (Å²) in [6.07, 6.45) is 9.10. The smallest absolute Gasteiger partial charge is 0.230 e. The molecule has 1 amide bonds. The van der Waals surface area contributed by atoms with Crippen LogP contribution in [0.25, 0.3) is 0 Å². The number of thiazole rings is 1. The number of amides is 1. The molecule has 0 spiro atoms. The number of benzene rings is 2. The molecule has 2 fully saturated rings. The third-order valence-corrected chi connectivity index (χ3v) is 13.7. The maximum atomic E-state index is 14.0. The Balaban J connectivity index is 1.32. The van der Waals surface area contributed by atoms with Crippen LogP contribution >= 0.6 is 11.3 Å².